The summed E-state index contributed by atoms with van der Waals surface area (Å²) in [6.07, 6.45) is 0.0656. The maximum atomic E-state index is 12.5. The van der Waals surface area contributed by atoms with Crippen LogP contribution in [0.3, 0.4) is 0 Å². The summed E-state index contributed by atoms with van der Waals surface area (Å²) >= 11 is 6.05. The molecule has 2 aromatic rings. The number of carbonyl (C=O) groups excluding carboxylic acids is 3. The van der Waals surface area contributed by atoms with Gasteiger partial charge in [0.1, 0.15) is 0 Å². The Kier molecular flexibility index (Phi) is 5.57. The number of nitrogens with zero attached hydrogens (tertiary/aromatic N) is 1. The summed E-state index contributed by atoms with van der Waals surface area (Å²) in [5, 5.41) is 3.54. The number of halogens is 1. The Morgan fingerprint density at radius 3 is 2.50 bits per heavy atom. The molecule has 3 rings (SSSR count). The highest BCUT2D eigenvalue weighted by atomic mass is 35.5. The molecule has 0 saturated heterocycles. The van der Waals surface area contributed by atoms with Gasteiger partial charge in [0.25, 0.3) is 11.8 Å². The zero-order chi connectivity index (χ0) is 20.5. The van der Waals surface area contributed by atoms with Crippen LogP contribution >= 0.6 is 11.6 Å². The van der Waals surface area contributed by atoms with Crippen molar-refractivity contribution in [3.05, 3.63) is 69.7 Å². The lowest BCUT2D eigenvalue weighted by Gasteiger charge is -2.26. The minimum Gasteiger partial charge on any atom is -0.355 e. The van der Waals surface area contributed by atoms with Gasteiger partial charge in [-0.25, -0.2) is 0 Å². The van der Waals surface area contributed by atoms with E-state index in [4.69, 9.17) is 11.6 Å². The number of amides is 3. The van der Waals surface area contributed by atoms with Gasteiger partial charge in [0.15, 0.2) is 0 Å². The number of carbonyl (C=O) groups is 3. The van der Waals surface area contributed by atoms with Crippen LogP contribution in [0.4, 0.5) is 0 Å². The van der Waals surface area contributed by atoms with Crippen molar-refractivity contribution in [3.8, 4) is 0 Å². The smallest absolute Gasteiger partial charge is 0.261 e. The van der Waals surface area contributed by atoms with Crippen LogP contribution in [0.5, 0.6) is 0 Å². The van der Waals surface area contributed by atoms with E-state index in [1.807, 2.05) is 45.0 Å². The van der Waals surface area contributed by atoms with E-state index in [1.165, 1.54) is 0 Å². The monoisotopic (exact) mass is 398 g/mol. The lowest BCUT2D eigenvalue weighted by Crippen LogP contribution is -2.39. The van der Waals surface area contributed by atoms with Crippen molar-refractivity contribution in [1.82, 2.24) is 10.2 Å². The van der Waals surface area contributed by atoms with E-state index in [2.05, 4.69) is 5.32 Å². The molecule has 0 bridgehead atoms. The Morgan fingerprint density at radius 2 is 1.79 bits per heavy atom. The Morgan fingerprint density at radius 1 is 1.07 bits per heavy atom. The molecule has 0 fully saturated rings. The maximum absolute atomic E-state index is 12.5. The van der Waals surface area contributed by atoms with Crippen molar-refractivity contribution in [3.63, 3.8) is 0 Å². The van der Waals surface area contributed by atoms with E-state index in [1.54, 1.807) is 18.2 Å². The molecule has 1 aliphatic heterocycles. The van der Waals surface area contributed by atoms with Crippen LogP contribution in [0.1, 0.15) is 52.1 Å². The molecule has 1 N–H and O–H groups in total. The summed E-state index contributed by atoms with van der Waals surface area (Å²) in [6, 6.07) is 12.7. The first kappa shape index (κ1) is 20.1. The second kappa shape index (κ2) is 7.76. The van der Waals surface area contributed by atoms with E-state index >= 15 is 0 Å². The average molecular weight is 399 g/mol. The molecule has 0 aliphatic carbocycles. The molecule has 6 heteroatoms. The van der Waals surface area contributed by atoms with E-state index in [-0.39, 0.29) is 36.1 Å². The number of benzene rings is 2. The molecule has 0 radical (unpaired) electrons. The fourth-order valence-electron chi connectivity index (χ4n) is 3.24. The quantitative estimate of drug-likeness (QED) is 0.754. The number of hydrogen-bond donors (Lipinski definition) is 1. The number of hydrogen-bond acceptors (Lipinski definition) is 3. The summed E-state index contributed by atoms with van der Waals surface area (Å²) in [5.41, 5.74) is 2.46. The molecule has 0 atom stereocenters. The largest absolute Gasteiger partial charge is 0.355 e. The third-order valence-electron chi connectivity index (χ3n) is 5.02. The van der Waals surface area contributed by atoms with Gasteiger partial charge in [0, 0.05) is 29.9 Å². The molecular weight excluding hydrogens is 376 g/mol. The van der Waals surface area contributed by atoms with Crippen LogP contribution in [0.2, 0.25) is 5.02 Å². The summed E-state index contributed by atoms with van der Waals surface area (Å²) in [4.78, 5) is 38.3. The zero-order valence-corrected chi connectivity index (χ0v) is 17.0. The van der Waals surface area contributed by atoms with Gasteiger partial charge in [0.2, 0.25) is 5.91 Å². The van der Waals surface area contributed by atoms with Crippen LogP contribution in [0, 0.1) is 6.92 Å². The van der Waals surface area contributed by atoms with Gasteiger partial charge < -0.3 is 5.32 Å². The van der Waals surface area contributed by atoms with Crippen LogP contribution in [0.15, 0.2) is 42.5 Å². The minimum absolute atomic E-state index is 0.0643. The van der Waals surface area contributed by atoms with Gasteiger partial charge in [-0.15, -0.1) is 0 Å². The predicted molar refractivity (Wildman–Crippen MR) is 109 cm³/mol. The number of rotatable bonds is 6. The summed E-state index contributed by atoms with van der Waals surface area (Å²) in [5.74, 6) is -0.884. The molecule has 2 aromatic carbocycles. The molecule has 146 valence electrons. The Balaban J connectivity index is 1.56. The van der Waals surface area contributed by atoms with E-state index < -0.39 is 0 Å². The van der Waals surface area contributed by atoms with Gasteiger partial charge in [0.05, 0.1) is 11.1 Å². The van der Waals surface area contributed by atoms with Crippen LogP contribution < -0.4 is 5.32 Å². The van der Waals surface area contributed by atoms with Gasteiger partial charge in [-0.3, -0.25) is 19.3 Å². The SMILES string of the molecule is Cc1ccc2c(c1)C(=O)N(CCC(=O)NCC(C)(C)c1cccc(Cl)c1)C2=O. The van der Waals surface area contributed by atoms with Crippen LogP contribution in [-0.2, 0) is 10.2 Å². The van der Waals surface area contributed by atoms with Gasteiger partial charge in [-0.1, -0.05) is 49.2 Å². The van der Waals surface area contributed by atoms with E-state index in [0.717, 1.165) is 16.0 Å². The molecule has 0 aromatic heterocycles. The lowest BCUT2D eigenvalue weighted by atomic mass is 9.84. The lowest BCUT2D eigenvalue weighted by molar-refractivity contribution is -0.121. The molecule has 28 heavy (non-hydrogen) atoms. The Bertz CT molecular complexity index is 953. The molecule has 0 spiro atoms. The van der Waals surface area contributed by atoms with Gasteiger partial charge >= 0.3 is 0 Å². The first-order chi connectivity index (χ1) is 13.2. The number of nitrogens with one attached hydrogen (secondary N) is 1. The van der Waals surface area contributed by atoms with E-state index in [9.17, 15) is 14.4 Å². The zero-order valence-electron chi connectivity index (χ0n) is 16.2. The minimum atomic E-state index is -0.341. The predicted octanol–water partition coefficient (Wildman–Crippen LogP) is 3.73. The highest BCUT2D eigenvalue weighted by molar-refractivity contribution is 6.30. The normalized spacial score (nSPS) is 13.6. The number of fused-ring (bicyclic) bond motifs is 1. The highest BCUT2D eigenvalue weighted by Gasteiger charge is 2.35. The van der Waals surface area contributed by atoms with E-state index in [0.29, 0.717) is 22.7 Å². The summed E-state index contributed by atoms with van der Waals surface area (Å²) < 4.78 is 0. The fourth-order valence-corrected chi connectivity index (χ4v) is 3.43. The Labute approximate surface area is 169 Å². The van der Waals surface area contributed by atoms with Crippen molar-refractivity contribution in [2.45, 2.75) is 32.6 Å². The highest BCUT2D eigenvalue weighted by Crippen LogP contribution is 2.25. The van der Waals surface area contributed by atoms with Crippen LogP contribution in [0.25, 0.3) is 0 Å². The number of aryl methyl sites for hydroxylation is 1. The van der Waals surface area contributed by atoms with Crippen LogP contribution in [-0.4, -0.2) is 35.7 Å². The third kappa shape index (κ3) is 4.09. The van der Waals surface area contributed by atoms with Gasteiger partial charge in [-0.05, 0) is 36.8 Å². The maximum Gasteiger partial charge on any atom is 0.261 e. The molecule has 3 amide bonds. The van der Waals surface area contributed by atoms with Crippen molar-refractivity contribution >= 4 is 29.3 Å². The molecule has 0 saturated carbocycles. The first-order valence-corrected chi connectivity index (χ1v) is 9.56. The summed E-state index contributed by atoms with van der Waals surface area (Å²) in [7, 11) is 0. The second-order valence-electron chi connectivity index (χ2n) is 7.73. The molecule has 5 nitrogen and oxygen atoms in total. The second-order valence-corrected chi connectivity index (χ2v) is 8.17. The fraction of sp³-hybridized carbons (Fsp3) is 0.318. The topological polar surface area (TPSA) is 66.5 Å². The number of imide groups is 1. The molecule has 0 unspecified atom stereocenters. The molecule has 1 heterocycles. The van der Waals surface area contributed by atoms with Crippen molar-refractivity contribution < 1.29 is 14.4 Å². The van der Waals surface area contributed by atoms with Gasteiger partial charge in [-0.2, -0.15) is 0 Å². The third-order valence-corrected chi connectivity index (χ3v) is 5.26. The molecular formula is C22H23ClN2O3. The van der Waals surface area contributed by atoms with Crippen molar-refractivity contribution in [2.75, 3.05) is 13.1 Å². The average Bonchev–Trinajstić information content (AvgIpc) is 2.88. The standard InChI is InChI=1S/C22H23ClN2O3/c1-14-7-8-17-18(11-14)21(28)25(20(17)27)10-9-19(26)24-13-22(2,3)15-5-4-6-16(23)12-15/h4-8,11-12H,9-10,13H2,1-3H3,(H,24,26). The summed E-state index contributed by atoms with van der Waals surface area (Å²) in [6.45, 7) is 6.40. The Hall–Kier alpha value is -2.66. The van der Waals surface area contributed by atoms with Crippen molar-refractivity contribution in [2.24, 2.45) is 0 Å². The van der Waals surface area contributed by atoms with Crippen molar-refractivity contribution in [1.29, 1.82) is 0 Å². The molecule has 1 aliphatic rings. The first-order valence-electron chi connectivity index (χ1n) is 9.18.